The number of nitrogens with zero attached hydrogens (tertiary/aromatic N) is 1. The molecule has 0 aromatic heterocycles. The van der Waals surface area contributed by atoms with Crippen LogP contribution in [0.1, 0.15) is 47.5 Å². The molecular formula is C11H24N2O2. The molecule has 15 heavy (non-hydrogen) atoms. The zero-order valence-electron chi connectivity index (χ0n) is 10.4. The molecule has 2 atom stereocenters. The summed E-state index contributed by atoms with van der Waals surface area (Å²) in [5.41, 5.74) is 5.55. The molecule has 4 heteroatoms. The second-order valence-corrected chi connectivity index (χ2v) is 5.02. The third kappa shape index (κ3) is 4.08. The van der Waals surface area contributed by atoms with E-state index in [1.807, 2.05) is 27.7 Å². The van der Waals surface area contributed by atoms with Crippen molar-refractivity contribution in [3.63, 3.8) is 0 Å². The fourth-order valence-electron chi connectivity index (χ4n) is 1.84. The summed E-state index contributed by atoms with van der Waals surface area (Å²) in [6, 6.07) is -0.243. The van der Waals surface area contributed by atoms with Crippen LogP contribution < -0.4 is 5.73 Å². The molecule has 0 aromatic carbocycles. The van der Waals surface area contributed by atoms with E-state index in [0.717, 1.165) is 12.8 Å². The quantitative estimate of drug-likeness (QED) is 0.757. The lowest BCUT2D eigenvalue weighted by Crippen LogP contribution is -2.56. The van der Waals surface area contributed by atoms with E-state index >= 15 is 0 Å². The molecular weight excluding hydrogens is 192 g/mol. The Morgan fingerprint density at radius 1 is 1.47 bits per heavy atom. The summed E-state index contributed by atoms with van der Waals surface area (Å²) in [4.78, 5) is 12.6. The standard InChI is InChI=1S/C11H24N2O2/c1-6-7-9(12)8(2)13(10(14)15)11(3,4)5/h8-9H,6-7,12H2,1-5H3,(H,14,15)/t8-,9-/m0/s1. The van der Waals surface area contributed by atoms with Crippen LogP contribution in [0.2, 0.25) is 0 Å². The summed E-state index contributed by atoms with van der Waals surface area (Å²) >= 11 is 0. The molecule has 0 bridgehead atoms. The van der Waals surface area contributed by atoms with Crippen LogP contribution in [0, 0.1) is 0 Å². The van der Waals surface area contributed by atoms with E-state index in [-0.39, 0.29) is 12.1 Å². The molecule has 0 heterocycles. The highest BCUT2D eigenvalue weighted by Crippen LogP contribution is 2.19. The predicted molar refractivity (Wildman–Crippen MR) is 62.0 cm³/mol. The van der Waals surface area contributed by atoms with E-state index in [4.69, 9.17) is 10.8 Å². The molecule has 0 radical (unpaired) electrons. The summed E-state index contributed by atoms with van der Waals surface area (Å²) in [5, 5.41) is 9.17. The normalized spacial score (nSPS) is 15.9. The molecule has 0 saturated heterocycles. The van der Waals surface area contributed by atoms with Crippen LogP contribution >= 0.6 is 0 Å². The van der Waals surface area contributed by atoms with Crippen molar-refractivity contribution in [2.75, 3.05) is 0 Å². The van der Waals surface area contributed by atoms with Crippen molar-refractivity contribution < 1.29 is 9.90 Å². The Bertz CT molecular complexity index is 211. The van der Waals surface area contributed by atoms with Crippen molar-refractivity contribution in [1.82, 2.24) is 4.90 Å². The summed E-state index contributed by atoms with van der Waals surface area (Å²) in [6.45, 7) is 9.58. The van der Waals surface area contributed by atoms with E-state index in [2.05, 4.69) is 6.92 Å². The molecule has 4 nitrogen and oxygen atoms in total. The third-order valence-electron chi connectivity index (χ3n) is 2.58. The number of hydrogen-bond donors (Lipinski definition) is 2. The average molecular weight is 216 g/mol. The molecule has 0 rings (SSSR count). The minimum atomic E-state index is -0.901. The number of hydrogen-bond acceptors (Lipinski definition) is 2. The van der Waals surface area contributed by atoms with Crippen LogP contribution in [0.25, 0.3) is 0 Å². The van der Waals surface area contributed by atoms with Gasteiger partial charge in [0.1, 0.15) is 0 Å². The minimum Gasteiger partial charge on any atom is -0.465 e. The number of carbonyl (C=O) groups is 1. The van der Waals surface area contributed by atoms with Crippen LogP contribution in [-0.2, 0) is 0 Å². The van der Waals surface area contributed by atoms with Gasteiger partial charge in [-0.25, -0.2) is 4.79 Å². The maximum atomic E-state index is 11.2. The lowest BCUT2D eigenvalue weighted by Gasteiger charge is -2.40. The van der Waals surface area contributed by atoms with Crippen LogP contribution in [0.5, 0.6) is 0 Å². The number of rotatable bonds is 4. The van der Waals surface area contributed by atoms with Gasteiger partial charge in [0, 0.05) is 17.6 Å². The average Bonchev–Trinajstić information content (AvgIpc) is 2.00. The Morgan fingerprint density at radius 2 is 1.93 bits per heavy atom. The van der Waals surface area contributed by atoms with Crippen molar-refractivity contribution in [3.8, 4) is 0 Å². The highest BCUT2D eigenvalue weighted by molar-refractivity contribution is 5.66. The fourth-order valence-corrected chi connectivity index (χ4v) is 1.84. The van der Waals surface area contributed by atoms with E-state index in [1.165, 1.54) is 4.90 Å². The van der Waals surface area contributed by atoms with Gasteiger partial charge in [-0.05, 0) is 34.1 Å². The highest BCUT2D eigenvalue weighted by Gasteiger charge is 2.33. The SMILES string of the molecule is CCC[C@H](N)[C@H](C)N(C(=O)O)C(C)(C)C. The van der Waals surface area contributed by atoms with Gasteiger partial charge < -0.3 is 10.8 Å². The van der Waals surface area contributed by atoms with Gasteiger partial charge in [-0.2, -0.15) is 0 Å². The molecule has 0 aliphatic rings. The molecule has 0 aliphatic heterocycles. The van der Waals surface area contributed by atoms with Crippen molar-refractivity contribution in [3.05, 3.63) is 0 Å². The van der Waals surface area contributed by atoms with Crippen molar-refractivity contribution in [2.24, 2.45) is 5.73 Å². The minimum absolute atomic E-state index is 0.0923. The molecule has 0 saturated carbocycles. The fraction of sp³-hybridized carbons (Fsp3) is 0.909. The van der Waals surface area contributed by atoms with Gasteiger partial charge in [-0.1, -0.05) is 13.3 Å². The first kappa shape index (κ1) is 14.2. The van der Waals surface area contributed by atoms with Gasteiger partial charge in [0.25, 0.3) is 0 Å². The zero-order chi connectivity index (χ0) is 12.2. The molecule has 0 spiro atoms. The topological polar surface area (TPSA) is 66.6 Å². The summed E-state index contributed by atoms with van der Waals surface area (Å²) < 4.78 is 0. The first-order valence-corrected chi connectivity index (χ1v) is 5.49. The Morgan fingerprint density at radius 3 is 2.20 bits per heavy atom. The van der Waals surface area contributed by atoms with Crippen LogP contribution in [-0.4, -0.2) is 33.7 Å². The van der Waals surface area contributed by atoms with Gasteiger partial charge in [0.05, 0.1) is 0 Å². The predicted octanol–water partition coefficient (Wildman–Crippen LogP) is 2.28. The molecule has 0 aliphatic carbocycles. The van der Waals surface area contributed by atoms with Crippen LogP contribution in [0.4, 0.5) is 4.79 Å². The Balaban J connectivity index is 4.71. The zero-order valence-corrected chi connectivity index (χ0v) is 10.4. The number of nitrogens with two attached hydrogens (primary N) is 1. The largest absolute Gasteiger partial charge is 0.465 e. The number of amides is 1. The highest BCUT2D eigenvalue weighted by atomic mass is 16.4. The summed E-state index contributed by atoms with van der Waals surface area (Å²) in [5.74, 6) is 0. The lowest BCUT2D eigenvalue weighted by atomic mass is 9.98. The van der Waals surface area contributed by atoms with E-state index in [1.54, 1.807) is 0 Å². The monoisotopic (exact) mass is 216 g/mol. The van der Waals surface area contributed by atoms with Crippen molar-refractivity contribution in [1.29, 1.82) is 0 Å². The van der Waals surface area contributed by atoms with Crippen LogP contribution in [0.15, 0.2) is 0 Å². The Hall–Kier alpha value is -0.770. The maximum absolute atomic E-state index is 11.2. The third-order valence-corrected chi connectivity index (χ3v) is 2.58. The molecule has 90 valence electrons. The first-order chi connectivity index (χ1) is 6.71. The first-order valence-electron chi connectivity index (χ1n) is 5.49. The molecule has 3 N–H and O–H groups in total. The van der Waals surface area contributed by atoms with Gasteiger partial charge in [0.15, 0.2) is 0 Å². The van der Waals surface area contributed by atoms with E-state index in [0.29, 0.717) is 0 Å². The molecule has 0 unspecified atom stereocenters. The van der Waals surface area contributed by atoms with Gasteiger partial charge in [0.2, 0.25) is 0 Å². The van der Waals surface area contributed by atoms with Gasteiger partial charge in [-0.15, -0.1) is 0 Å². The van der Waals surface area contributed by atoms with Gasteiger partial charge in [-0.3, -0.25) is 4.90 Å². The molecule has 0 fully saturated rings. The maximum Gasteiger partial charge on any atom is 0.408 e. The van der Waals surface area contributed by atoms with Crippen molar-refractivity contribution in [2.45, 2.75) is 65.1 Å². The second kappa shape index (κ2) is 5.35. The van der Waals surface area contributed by atoms with Gasteiger partial charge >= 0.3 is 6.09 Å². The Kier molecular flexibility index (Phi) is 5.08. The van der Waals surface area contributed by atoms with Crippen molar-refractivity contribution >= 4 is 6.09 Å². The Labute approximate surface area is 92.4 Å². The van der Waals surface area contributed by atoms with E-state index < -0.39 is 11.6 Å². The second-order valence-electron chi connectivity index (χ2n) is 5.02. The summed E-state index contributed by atoms with van der Waals surface area (Å²) in [7, 11) is 0. The molecule has 1 amide bonds. The summed E-state index contributed by atoms with van der Waals surface area (Å²) in [6.07, 6.45) is 0.922. The van der Waals surface area contributed by atoms with Crippen LogP contribution in [0.3, 0.4) is 0 Å². The molecule has 0 aromatic rings. The lowest BCUT2D eigenvalue weighted by molar-refractivity contribution is 0.0661. The smallest absolute Gasteiger partial charge is 0.408 e. The van der Waals surface area contributed by atoms with E-state index in [9.17, 15) is 4.79 Å². The number of carboxylic acid groups (broad SMARTS) is 1.